The summed E-state index contributed by atoms with van der Waals surface area (Å²) >= 11 is 0. The second-order valence-corrected chi connectivity index (χ2v) is 8.12. The Kier molecular flexibility index (Phi) is 6.23. The van der Waals surface area contributed by atoms with E-state index in [1.54, 1.807) is 5.57 Å². The number of nitrogens with one attached hydrogen (secondary N) is 1. The third-order valence-corrected chi connectivity index (χ3v) is 6.32. The lowest BCUT2D eigenvalue weighted by Crippen LogP contribution is -2.35. The first-order valence-electron chi connectivity index (χ1n) is 8.86. The number of allylic oxidation sites excluding steroid dienone is 4. The molecule has 2 aliphatic rings. The van der Waals surface area contributed by atoms with Crippen molar-refractivity contribution in [2.75, 3.05) is 12.3 Å². The van der Waals surface area contributed by atoms with Crippen molar-refractivity contribution in [1.29, 1.82) is 0 Å². The molecule has 124 valence electrons. The maximum Gasteiger partial charge on any atom is 0.0542 e. The summed E-state index contributed by atoms with van der Waals surface area (Å²) in [5.74, 6) is 1.47. The van der Waals surface area contributed by atoms with Gasteiger partial charge in [0.25, 0.3) is 0 Å². The van der Waals surface area contributed by atoms with E-state index in [4.69, 9.17) is 0 Å². The summed E-state index contributed by atoms with van der Waals surface area (Å²) in [7, 11) is -0.879. The molecule has 1 aromatic rings. The summed E-state index contributed by atoms with van der Waals surface area (Å²) in [6.07, 6.45) is 14.6. The largest absolute Gasteiger partial charge is 0.313 e. The minimum Gasteiger partial charge on any atom is -0.313 e. The fourth-order valence-electron chi connectivity index (χ4n) is 3.61. The number of benzene rings is 1. The predicted octanol–water partition coefficient (Wildman–Crippen LogP) is 4.22. The van der Waals surface area contributed by atoms with Crippen LogP contribution < -0.4 is 5.32 Å². The molecule has 1 saturated carbocycles. The zero-order valence-corrected chi connectivity index (χ0v) is 14.6. The van der Waals surface area contributed by atoms with Crippen LogP contribution in [-0.2, 0) is 10.8 Å². The van der Waals surface area contributed by atoms with Gasteiger partial charge in [-0.15, -0.1) is 0 Å². The second-order valence-electron chi connectivity index (χ2n) is 6.55. The quantitative estimate of drug-likeness (QED) is 0.846. The van der Waals surface area contributed by atoms with Crippen molar-refractivity contribution in [2.45, 2.75) is 49.5 Å². The highest BCUT2D eigenvalue weighted by Crippen LogP contribution is 2.32. The molecule has 0 bridgehead atoms. The third-order valence-electron chi connectivity index (χ3n) is 4.95. The van der Waals surface area contributed by atoms with Crippen LogP contribution in [0.15, 0.2) is 59.0 Å². The van der Waals surface area contributed by atoms with Crippen LogP contribution in [0.25, 0.3) is 0 Å². The Bertz CT molecular complexity index is 571. The molecule has 1 N–H and O–H groups in total. The highest BCUT2D eigenvalue weighted by molar-refractivity contribution is 7.85. The van der Waals surface area contributed by atoms with Crippen LogP contribution in [0.3, 0.4) is 0 Å². The smallest absolute Gasteiger partial charge is 0.0542 e. The van der Waals surface area contributed by atoms with E-state index in [0.717, 1.165) is 17.4 Å². The van der Waals surface area contributed by atoms with Gasteiger partial charge in [-0.1, -0.05) is 36.4 Å². The fraction of sp³-hybridized carbons (Fsp3) is 0.500. The molecule has 1 aromatic carbocycles. The average Bonchev–Trinajstić information content (AvgIpc) is 2.64. The van der Waals surface area contributed by atoms with E-state index in [1.165, 1.54) is 38.5 Å². The molecular weight excluding hydrogens is 302 g/mol. The van der Waals surface area contributed by atoms with Gasteiger partial charge < -0.3 is 5.32 Å². The Morgan fingerprint density at radius 3 is 2.52 bits per heavy atom. The zero-order valence-electron chi connectivity index (χ0n) is 13.7. The molecule has 23 heavy (non-hydrogen) atoms. The Balaban J connectivity index is 1.37. The van der Waals surface area contributed by atoms with Crippen molar-refractivity contribution in [3.05, 3.63) is 54.1 Å². The number of rotatable bonds is 6. The van der Waals surface area contributed by atoms with E-state index in [-0.39, 0.29) is 0 Å². The summed E-state index contributed by atoms with van der Waals surface area (Å²) in [6.45, 7) is 0.847. The normalized spacial score (nSPS) is 25.8. The van der Waals surface area contributed by atoms with Gasteiger partial charge in [0, 0.05) is 23.2 Å². The standard InChI is InChI=1S/C20H27NOS/c22-23(20-9-5-2-6-10-20)16-15-21-19-13-11-18(12-14-19)17-7-3-1-4-8-17/h2-3,5-10,18-19,21H,1,4,11-16H2. The Hall–Kier alpha value is -1.19. The van der Waals surface area contributed by atoms with Gasteiger partial charge in [-0.3, -0.25) is 4.21 Å². The Morgan fingerprint density at radius 1 is 1.04 bits per heavy atom. The fourth-order valence-corrected chi connectivity index (χ4v) is 4.61. The molecule has 2 aliphatic carbocycles. The molecule has 1 fully saturated rings. The number of hydrogen-bond acceptors (Lipinski definition) is 2. The van der Waals surface area contributed by atoms with E-state index < -0.39 is 10.8 Å². The highest BCUT2D eigenvalue weighted by atomic mass is 32.2. The van der Waals surface area contributed by atoms with Crippen molar-refractivity contribution < 1.29 is 4.21 Å². The monoisotopic (exact) mass is 329 g/mol. The summed E-state index contributed by atoms with van der Waals surface area (Å²) in [5, 5.41) is 3.62. The first-order valence-corrected chi connectivity index (χ1v) is 10.2. The Morgan fingerprint density at radius 2 is 1.83 bits per heavy atom. The maximum atomic E-state index is 12.2. The van der Waals surface area contributed by atoms with Crippen molar-refractivity contribution in [3.8, 4) is 0 Å². The van der Waals surface area contributed by atoms with Gasteiger partial charge in [0.2, 0.25) is 0 Å². The lowest BCUT2D eigenvalue weighted by molar-refractivity contribution is 0.325. The van der Waals surface area contributed by atoms with Crippen LogP contribution >= 0.6 is 0 Å². The zero-order chi connectivity index (χ0) is 15.9. The molecule has 0 heterocycles. The molecule has 1 unspecified atom stereocenters. The minimum absolute atomic E-state index is 0.604. The first kappa shape index (κ1) is 16.7. The summed E-state index contributed by atoms with van der Waals surface area (Å²) in [6, 6.07) is 10.4. The molecule has 3 rings (SSSR count). The van der Waals surface area contributed by atoms with Crippen molar-refractivity contribution in [3.63, 3.8) is 0 Å². The molecule has 0 aliphatic heterocycles. The highest BCUT2D eigenvalue weighted by Gasteiger charge is 2.22. The van der Waals surface area contributed by atoms with E-state index in [2.05, 4.69) is 23.5 Å². The second kappa shape index (κ2) is 8.60. The van der Waals surface area contributed by atoms with Gasteiger partial charge in [-0.2, -0.15) is 0 Å². The summed E-state index contributed by atoms with van der Waals surface area (Å²) < 4.78 is 12.2. The molecule has 3 heteroatoms. The predicted molar refractivity (Wildman–Crippen MR) is 97.9 cm³/mol. The lowest BCUT2D eigenvalue weighted by Gasteiger charge is -2.30. The van der Waals surface area contributed by atoms with Gasteiger partial charge in [-0.05, 0) is 62.1 Å². The Labute approximate surface area is 142 Å². The molecule has 0 aromatic heterocycles. The number of hydrogen-bond donors (Lipinski definition) is 1. The van der Waals surface area contributed by atoms with Gasteiger partial charge in [0.05, 0.1) is 10.8 Å². The van der Waals surface area contributed by atoms with Crippen LogP contribution in [0.2, 0.25) is 0 Å². The van der Waals surface area contributed by atoms with E-state index in [1.807, 2.05) is 30.3 Å². The molecule has 0 amide bonds. The molecule has 1 atom stereocenters. The van der Waals surface area contributed by atoms with Gasteiger partial charge >= 0.3 is 0 Å². The minimum atomic E-state index is -0.879. The third kappa shape index (κ3) is 4.89. The van der Waals surface area contributed by atoms with Crippen LogP contribution in [0.4, 0.5) is 0 Å². The van der Waals surface area contributed by atoms with Crippen LogP contribution in [0.1, 0.15) is 38.5 Å². The van der Waals surface area contributed by atoms with Gasteiger partial charge in [-0.25, -0.2) is 0 Å². The van der Waals surface area contributed by atoms with Crippen molar-refractivity contribution in [1.82, 2.24) is 5.32 Å². The summed E-state index contributed by atoms with van der Waals surface area (Å²) in [4.78, 5) is 0.939. The molecule has 2 nitrogen and oxygen atoms in total. The van der Waals surface area contributed by atoms with Gasteiger partial charge in [0.15, 0.2) is 0 Å². The van der Waals surface area contributed by atoms with Crippen molar-refractivity contribution in [2.24, 2.45) is 5.92 Å². The van der Waals surface area contributed by atoms with Crippen LogP contribution in [0.5, 0.6) is 0 Å². The van der Waals surface area contributed by atoms with E-state index >= 15 is 0 Å². The van der Waals surface area contributed by atoms with Crippen molar-refractivity contribution >= 4 is 10.8 Å². The topological polar surface area (TPSA) is 29.1 Å². The average molecular weight is 330 g/mol. The van der Waals surface area contributed by atoms with Gasteiger partial charge in [0.1, 0.15) is 0 Å². The summed E-state index contributed by atoms with van der Waals surface area (Å²) in [5.41, 5.74) is 1.57. The SMILES string of the molecule is O=S(CCNC1CCC(C2=CCCC=C2)CC1)c1ccccc1. The van der Waals surface area contributed by atoms with Crippen LogP contribution in [-0.4, -0.2) is 22.5 Å². The molecule has 0 radical (unpaired) electrons. The van der Waals surface area contributed by atoms with Crippen LogP contribution in [0, 0.1) is 5.92 Å². The van der Waals surface area contributed by atoms with E-state index in [9.17, 15) is 4.21 Å². The lowest BCUT2D eigenvalue weighted by atomic mass is 9.80. The van der Waals surface area contributed by atoms with E-state index in [0.29, 0.717) is 11.8 Å². The molecular formula is C20H27NOS. The maximum absolute atomic E-state index is 12.2. The molecule has 0 spiro atoms. The molecule has 0 saturated heterocycles. The first-order chi connectivity index (χ1) is 11.3.